The maximum absolute atomic E-state index is 11.9. The van der Waals surface area contributed by atoms with Gasteiger partial charge in [-0.3, -0.25) is 9.78 Å². The molecule has 2 heterocycles. The van der Waals surface area contributed by atoms with E-state index in [4.69, 9.17) is 5.73 Å². The number of nitrogens with one attached hydrogen (secondary N) is 1. The summed E-state index contributed by atoms with van der Waals surface area (Å²) in [6, 6.07) is 1.84. The quantitative estimate of drug-likeness (QED) is 0.818. The van der Waals surface area contributed by atoms with Crippen LogP contribution in [-0.2, 0) is 0 Å². The predicted octanol–water partition coefficient (Wildman–Crippen LogP) is 2.41. The lowest BCUT2D eigenvalue weighted by Crippen LogP contribution is -2.24. The Labute approximate surface area is 104 Å². The zero-order chi connectivity index (χ0) is 12.3. The zero-order valence-corrected chi connectivity index (χ0v) is 10.5. The van der Waals surface area contributed by atoms with Crippen molar-refractivity contribution in [1.82, 2.24) is 10.3 Å². The van der Waals surface area contributed by atoms with Crippen LogP contribution in [-0.4, -0.2) is 17.4 Å². The molecule has 2 aromatic heterocycles. The van der Waals surface area contributed by atoms with Crippen LogP contribution in [0.15, 0.2) is 18.5 Å². The number of pyridine rings is 1. The zero-order valence-electron chi connectivity index (χ0n) is 9.69. The molecule has 0 bridgehead atoms. The van der Waals surface area contributed by atoms with E-state index in [0.29, 0.717) is 17.1 Å². The van der Waals surface area contributed by atoms with Crippen molar-refractivity contribution in [3.8, 4) is 0 Å². The number of unbranched alkanes of at least 4 members (excludes halogenated alkanes) is 1. The van der Waals surface area contributed by atoms with Gasteiger partial charge in [0.25, 0.3) is 5.91 Å². The summed E-state index contributed by atoms with van der Waals surface area (Å²) >= 11 is 1.39. The van der Waals surface area contributed by atoms with Crippen LogP contribution in [0.3, 0.4) is 0 Å². The lowest BCUT2D eigenvalue weighted by atomic mass is 10.2. The van der Waals surface area contributed by atoms with Gasteiger partial charge in [0.15, 0.2) is 0 Å². The van der Waals surface area contributed by atoms with E-state index in [0.717, 1.165) is 22.9 Å². The summed E-state index contributed by atoms with van der Waals surface area (Å²) in [6.45, 7) is 2.78. The number of rotatable bonds is 4. The third kappa shape index (κ3) is 2.39. The normalized spacial score (nSPS) is 10.6. The third-order valence-corrected chi connectivity index (χ3v) is 3.71. The highest BCUT2D eigenvalue weighted by Gasteiger charge is 2.15. The van der Waals surface area contributed by atoms with Gasteiger partial charge in [-0.05, 0) is 12.5 Å². The number of fused-ring (bicyclic) bond motifs is 1. The van der Waals surface area contributed by atoms with E-state index in [-0.39, 0.29) is 5.91 Å². The van der Waals surface area contributed by atoms with Gasteiger partial charge >= 0.3 is 0 Å². The Balaban J connectivity index is 2.23. The Kier molecular flexibility index (Phi) is 3.58. The van der Waals surface area contributed by atoms with Gasteiger partial charge < -0.3 is 11.1 Å². The van der Waals surface area contributed by atoms with Crippen LogP contribution in [0.25, 0.3) is 10.1 Å². The van der Waals surface area contributed by atoms with Gasteiger partial charge in [-0.2, -0.15) is 0 Å². The van der Waals surface area contributed by atoms with E-state index in [2.05, 4.69) is 17.2 Å². The SMILES string of the molecule is CCCCNC(=O)c1sc2cnccc2c1N. The highest BCUT2D eigenvalue weighted by Crippen LogP contribution is 2.32. The van der Waals surface area contributed by atoms with Crippen LogP contribution in [0, 0.1) is 0 Å². The summed E-state index contributed by atoms with van der Waals surface area (Å²) in [5.41, 5.74) is 6.52. The summed E-state index contributed by atoms with van der Waals surface area (Å²) in [5, 5.41) is 3.78. The van der Waals surface area contributed by atoms with Gasteiger partial charge in [-0.25, -0.2) is 0 Å². The first-order valence-corrected chi connectivity index (χ1v) is 6.46. The summed E-state index contributed by atoms with van der Waals surface area (Å²) in [7, 11) is 0. The fourth-order valence-electron chi connectivity index (χ4n) is 1.60. The van der Waals surface area contributed by atoms with Crippen LogP contribution in [0.5, 0.6) is 0 Å². The number of thiophene rings is 1. The summed E-state index contributed by atoms with van der Waals surface area (Å²) in [5.74, 6) is -0.0860. The molecule has 0 aromatic carbocycles. The monoisotopic (exact) mass is 249 g/mol. The predicted molar refractivity (Wildman–Crippen MR) is 71.3 cm³/mol. The fourth-order valence-corrected chi connectivity index (χ4v) is 2.60. The summed E-state index contributed by atoms with van der Waals surface area (Å²) in [4.78, 5) is 16.5. The molecule has 17 heavy (non-hydrogen) atoms. The number of nitrogens with two attached hydrogens (primary N) is 1. The van der Waals surface area contributed by atoms with Gasteiger partial charge in [-0.1, -0.05) is 13.3 Å². The number of hydrogen-bond donors (Lipinski definition) is 2. The molecule has 1 amide bonds. The molecule has 5 heteroatoms. The van der Waals surface area contributed by atoms with Gasteiger partial charge in [0.05, 0.1) is 10.4 Å². The Morgan fingerprint density at radius 2 is 2.41 bits per heavy atom. The number of carbonyl (C=O) groups is 1. The maximum Gasteiger partial charge on any atom is 0.263 e. The van der Waals surface area contributed by atoms with E-state index >= 15 is 0 Å². The number of nitrogens with zero attached hydrogens (tertiary/aromatic N) is 1. The second-order valence-electron chi connectivity index (χ2n) is 3.83. The minimum atomic E-state index is -0.0860. The minimum Gasteiger partial charge on any atom is -0.397 e. The second-order valence-corrected chi connectivity index (χ2v) is 4.88. The van der Waals surface area contributed by atoms with Crippen molar-refractivity contribution >= 4 is 33.0 Å². The molecule has 0 aliphatic rings. The average molecular weight is 249 g/mol. The Morgan fingerprint density at radius 1 is 1.59 bits per heavy atom. The Morgan fingerprint density at radius 3 is 3.12 bits per heavy atom. The van der Waals surface area contributed by atoms with E-state index in [1.165, 1.54) is 11.3 Å². The Hall–Kier alpha value is -1.62. The van der Waals surface area contributed by atoms with Crippen LogP contribution in [0.4, 0.5) is 5.69 Å². The number of aromatic nitrogens is 1. The molecule has 0 atom stereocenters. The van der Waals surface area contributed by atoms with Crippen LogP contribution in [0.2, 0.25) is 0 Å². The number of anilines is 1. The van der Waals surface area contributed by atoms with E-state index < -0.39 is 0 Å². The van der Waals surface area contributed by atoms with Crippen molar-refractivity contribution in [3.05, 3.63) is 23.3 Å². The van der Waals surface area contributed by atoms with Gasteiger partial charge in [-0.15, -0.1) is 11.3 Å². The van der Waals surface area contributed by atoms with Crippen LogP contribution < -0.4 is 11.1 Å². The molecule has 2 rings (SSSR count). The maximum atomic E-state index is 11.9. The standard InChI is InChI=1S/C12H15N3OS/c1-2-3-5-15-12(16)11-10(13)8-4-6-14-7-9(8)17-11/h4,6-7H,2-3,5,13H2,1H3,(H,15,16). The van der Waals surface area contributed by atoms with Gasteiger partial charge in [0, 0.05) is 24.3 Å². The van der Waals surface area contributed by atoms with Gasteiger partial charge in [0.2, 0.25) is 0 Å². The summed E-state index contributed by atoms with van der Waals surface area (Å²) in [6.07, 6.45) is 5.47. The van der Waals surface area contributed by atoms with E-state index in [9.17, 15) is 4.79 Å². The summed E-state index contributed by atoms with van der Waals surface area (Å²) < 4.78 is 0.950. The molecule has 90 valence electrons. The number of amides is 1. The molecular formula is C12H15N3OS. The van der Waals surface area contributed by atoms with E-state index in [1.807, 2.05) is 6.07 Å². The molecular weight excluding hydrogens is 234 g/mol. The first kappa shape index (κ1) is 11.9. The second kappa shape index (κ2) is 5.14. The molecule has 0 fully saturated rings. The molecule has 2 aromatic rings. The molecule has 0 saturated carbocycles. The minimum absolute atomic E-state index is 0.0860. The smallest absolute Gasteiger partial charge is 0.263 e. The van der Waals surface area contributed by atoms with Crippen molar-refractivity contribution < 1.29 is 4.79 Å². The Bertz CT molecular complexity index is 536. The van der Waals surface area contributed by atoms with Crippen LogP contribution >= 0.6 is 11.3 Å². The lowest BCUT2D eigenvalue weighted by molar-refractivity contribution is 0.0958. The first-order valence-electron chi connectivity index (χ1n) is 5.64. The molecule has 0 saturated heterocycles. The van der Waals surface area contributed by atoms with Crippen molar-refractivity contribution in [2.24, 2.45) is 0 Å². The first-order chi connectivity index (χ1) is 8.24. The number of carbonyl (C=O) groups excluding carboxylic acids is 1. The number of nitrogen functional groups attached to an aromatic ring is 1. The molecule has 0 unspecified atom stereocenters. The third-order valence-electron chi connectivity index (χ3n) is 2.55. The number of hydrogen-bond acceptors (Lipinski definition) is 4. The van der Waals surface area contributed by atoms with Crippen molar-refractivity contribution in [3.63, 3.8) is 0 Å². The van der Waals surface area contributed by atoms with E-state index in [1.54, 1.807) is 12.4 Å². The van der Waals surface area contributed by atoms with Crippen molar-refractivity contribution in [2.45, 2.75) is 19.8 Å². The van der Waals surface area contributed by atoms with Crippen molar-refractivity contribution in [2.75, 3.05) is 12.3 Å². The molecule has 3 N–H and O–H groups in total. The van der Waals surface area contributed by atoms with Crippen LogP contribution in [0.1, 0.15) is 29.4 Å². The lowest BCUT2D eigenvalue weighted by Gasteiger charge is -2.02. The molecule has 0 radical (unpaired) electrons. The van der Waals surface area contributed by atoms with Gasteiger partial charge in [0.1, 0.15) is 4.88 Å². The highest BCUT2D eigenvalue weighted by atomic mass is 32.1. The topological polar surface area (TPSA) is 68.0 Å². The molecule has 0 aliphatic heterocycles. The molecule has 0 spiro atoms. The highest BCUT2D eigenvalue weighted by molar-refractivity contribution is 7.21. The largest absolute Gasteiger partial charge is 0.397 e. The average Bonchev–Trinajstić information content (AvgIpc) is 2.68. The molecule has 0 aliphatic carbocycles. The fraction of sp³-hybridized carbons (Fsp3) is 0.333. The van der Waals surface area contributed by atoms with Crippen molar-refractivity contribution in [1.29, 1.82) is 0 Å². The molecule has 4 nitrogen and oxygen atoms in total.